The molecule has 1 unspecified atom stereocenters. The Bertz CT molecular complexity index is 1060. The van der Waals surface area contributed by atoms with Gasteiger partial charge in [-0.05, 0) is 37.6 Å². The number of benzene rings is 1. The highest BCUT2D eigenvalue weighted by Gasteiger charge is 2.34. The second-order valence-electron chi connectivity index (χ2n) is 7.04. The first kappa shape index (κ1) is 19.5. The Morgan fingerprint density at radius 1 is 1.21 bits per heavy atom. The van der Waals surface area contributed by atoms with Crippen molar-refractivity contribution in [3.8, 4) is 5.75 Å². The molecule has 1 fully saturated rings. The van der Waals surface area contributed by atoms with E-state index >= 15 is 0 Å². The van der Waals surface area contributed by atoms with Crippen LogP contribution in [-0.2, 0) is 14.8 Å². The zero-order chi connectivity index (χ0) is 20.8. The van der Waals surface area contributed by atoms with Gasteiger partial charge in [0.15, 0.2) is 11.9 Å². The molecule has 2 amide bonds. The van der Waals surface area contributed by atoms with E-state index < -0.39 is 16.1 Å². The molecule has 0 radical (unpaired) electrons. The highest BCUT2D eigenvalue weighted by atomic mass is 32.2. The van der Waals surface area contributed by atoms with E-state index in [1.54, 1.807) is 36.9 Å². The molecule has 154 valence electrons. The molecule has 0 bridgehead atoms. The van der Waals surface area contributed by atoms with E-state index in [1.807, 2.05) is 0 Å². The standard InChI is InChI=1S/C19H21N3O6S/c1-12-10-14-16(28-13(2)18(23)20-14)11-17(12)29(25,26)22-7-5-21(6-8-22)19(24)15-4-3-9-27-15/h3-4,9-11,13H,5-8H2,1-2H3,(H,20,23). The summed E-state index contributed by atoms with van der Waals surface area (Å²) >= 11 is 0. The predicted octanol–water partition coefficient (Wildman–Crippen LogP) is 1.45. The predicted molar refractivity (Wildman–Crippen MR) is 103 cm³/mol. The van der Waals surface area contributed by atoms with Gasteiger partial charge in [0, 0.05) is 32.2 Å². The van der Waals surface area contributed by atoms with E-state index in [-0.39, 0.29) is 48.6 Å². The molecule has 2 aliphatic heterocycles. The van der Waals surface area contributed by atoms with Crippen LogP contribution in [0.1, 0.15) is 23.0 Å². The van der Waals surface area contributed by atoms with Crippen molar-refractivity contribution in [2.75, 3.05) is 31.5 Å². The minimum absolute atomic E-state index is 0.130. The number of rotatable bonds is 3. The highest BCUT2D eigenvalue weighted by Crippen LogP contribution is 2.35. The number of piperazine rings is 1. The molecule has 0 spiro atoms. The van der Waals surface area contributed by atoms with Gasteiger partial charge in [0.05, 0.1) is 16.8 Å². The zero-order valence-electron chi connectivity index (χ0n) is 16.0. The maximum Gasteiger partial charge on any atom is 0.289 e. The fourth-order valence-electron chi connectivity index (χ4n) is 3.45. The second kappa shape index (κ2) is 7.20. The topological polar surface area (TPSA) is 109 Å². The third kappa shape index (κ3) is 3.49. The van der Waals surface area contributed by atoms with Gasteiger partial charge in [0.2, 0.25) is 10.0 Å². The molecule has 0 saturated carbocycles. The third-order valence-electron chi connectivity index (χ3n) is 5.08. The fraction of sp³-hybridized carbons (Fsp3) is 0.368. The molecule has 1 saturated heterocycles. The Labute approximate surface area is 168 Å². The van der Waals surface area contributed by atoms with Crippen LogP contribution >= 0.6 is 0 Å². The molecule has 29 heavy (non-hydrogen) atoms. The number of nitrogens with zero attached hydrogens (tertiary/aromatic N) is 2. The van der Waals surface area contributed by atoms with Gasteiger partial charge >= 0.3 is 0 Å². The fourth-order valence-corrected chi connectivity index (χ4v) is 5.09. The number of hydrogen-bond donors (Lipinski definition) is 1. The molecule has 4 rings (SSSR count). The van der Waals surface area contributed by atoms with Gasteiger partial charge in [-0.3, -0.25) is 9.59 Å². The van der Waals surface area contributed by atoms with E-state index in [1.165, 1.54) is 16.6 Å². The van der Waals surface area contributed by atoms with Crippen molar-refractivity contribution in [1.82, 2.24) is 9.21 Å². The average Bonchev–Trinajstić information content (AvgIpc) is 3.23. The number of furan rings is 1. The van der Waals surface area contributed by atoms with E-state index in [9.17, 15) is 18.0 Å². The molecular weight excluding hydrogens is 398 g/mol. The number of fused-ring (bicyclic) bond motifs is 1. The normalized spacial score (nSPS) is 20.0. The molecule has 1 aromatic heterocycles. The minimum atomic E-state index is -3.78. The van der Waals surface area contributed by atoms with E-state index in [0.29, 0.717) is 17.0 Å². The quantitative estimate of drug-likeness (QED) is 0.807. The molecule has 1 atom stereocenters. The smallest absolute Gasteiger partial charge is 0.289 e. The monoisotopic (exact) mass is 419 g/mol. The van der Waals surface area contributed by atoms with Crippen LogP contribution in [0.4, 0.5) is 5.69 Å². The second-order valence-corrected chi connectivity index (χ2v) is 8.94. The van der Waals surface area contributed by atoms with Crippen molar-refractivity contribution in [3.63, 3.8) is 0 Å². The third-order valence-corrected chi connectivity index (χ3v) is 7.12. The number of hydrogen-bond acceptors (Lipinski definition) is 6. The van der Waals surface area contributed by atoms with Crippen LogP contribution in [0.2, 0.25) is 0 Å². The number of aryl methyl sites for hydroxylation is 1. The Kier molecular flexibility index (Phi) is 4.83. The number of amides is 2. The first-order valence-corrected chi connectivity index (χ1v) is 10.7. The molecule has 10 heteroatoms. The molecule has 1 aromatic carbocycles. The summed E-state index contributed by atoms with van der Waals surface area (Å²) < 4.78 is 38.5. The number of carbonyl (C=O) groups excluding carboxylic acids is 2. The summed E-state index contributed by atoms with van der Waals surface area (Å²) in [6, 6.07) is 6.28. The van der Waals surface area contributed by atoms with Crippen LogP contribution in [0.5, 0.6) is 5.75 Å². The molecule has 0 aliphatic carbocycles. The molecule has 3 heterocycles. The van der Waals surface area contributed by atoms with Crippen molar-refractivity contribution in [1.29, 1.82) is 0 Å². The number of anilines is 1. The number of carbonyl (C=O) groups is 2. The summed E-state index contributed by atoms with van der Waals surface area (Å²) in [5.74, 6) is 0.0352. The molecule has 2 aromatic rings. The Morgan fingerprint density at radius 2 is 1.93 bits per heavy atom. The average molecular weight is 419 g/mol. The van der Waals surface area contributed by atoms with Gasteiger partial charge in [-0.25, -0.2) is 8.42 Å². The van der Waals surface area contributed by atoms with Crippen LogP contribution in [0.3, 0.4) is 0 Å². The maximum absolute atomic E-state index is 13.2. The Morgan fingerprint density at radius 3 is 2.59 bits per heavy atom. The lowest BCUT2D eigenvalue weighted by Crippen LogP contribution is -2.50. The van der Waals surface area contributed by atoms with Gasteiger partial charge in [-0.15, -0.1) is 0 Å². The lowest BCUT2D eigenvalue weighted by molar-refractivity contribution is -0.122. The van der Waals surface area contributed by atoms with Crippen LogP contribution in [-0.4, -0.2) is 61.7 Å². The molecular formula is C19H21N3O6S. The van der Waals surface area contributed by atoms with Crippen LogP contribution < -0.4 is 10.1 Å². The highest BCUT2D eigenvalue weighted by molar-refractivity contribution is 7.89. The van der Waals surface area contributed by atoms with Gasteiger partial charge in [0.25, 0.3) is 11.8 Å². The summed E-state index contributed by atoms with van der Waals surface area (Å²) in [5, 5.41) is 2.71. The van der Waals surface area contributed by atoms with Crippen molar-refractivity contribution >= 4 is 27.5 Å². The first-order chi connectivity index (χ1) is 13.8. The number of sulfonamides is 1. The Balaban J connectivity index is 1.53. The summed E-state index contributed by atoms with van der Waals surface area (Å²) in [6.07, 6.45) is 0.731. The number of nitrogens with one attached hydrogen (secondary N) is 1. The van der Waals surface area contributed by atoms with Gasteiger partial charge in [-0.1, -0.05) is 0 Å². The van der Waals surface area contributed by atoms with Crippen molar-refractivity contribution in [3.05, 3.63) is 41.9 Å². The van der Waals surface area contributed by atoms with Gasteiger partial charge < -0.3 is 19.4 Å². The van der Waals surface area contributed by atoms with Gasteiger partial charge in [0.1, 0.15) is 5.75 Å². The van der Waals surface area contributed by atoms with Crippen LogP contribution in [0, 0.1) is 6.92 Å². The van der Waals surface area contributed by atoms with Crippen LogP contribution in [0.15, 0.2) is 39.8 Å². The number of ether oxygens (including phenoxy) is 1. The lowest BCUT2D eigenvalue weighted by Gasteiger charge is -2.34. The molecule has 9 nitrogen and oxygen atoms in total. The van der Waals surface area contributed by atoms with Crippen molar-refractivity contribution in [2.45, 2.75) is 24.8 Å². The summed E-state index contributed by atoms with van der Waals surface area (Å²) in [4.78, 5) is 25.8. The van der Waals surface area contributed by atoms with E-state index in [4.69, 9.17) is 9.15 Å². The maximum atomic E-state index is 13.2. The van der Waals surface area contributed by atoms with E-state index in [2.05, 4.69) is 5.32 Å². The lowest BCUT2D eigenvalue weighted by atomic mass is 10.1. The molecule has 1 N–H and O–H groups in total. The molecule has 2 aliphatic rings. The van der Waals surface area contributed by atoms with Crippen molar-refractivity contribution < 1.29 is 27.2 Å². The van der Waals surface area contributed by atoms with Crippen molar-refractivity contribution in [2.24, 2.45) is 0 Å². The summed E-state index contributed by atoms with van der Waals surface area (Å²) in [5.41, 5.74) is 0.967. The largest absolute Gasteiger partial charge is 0.479 e. The minimum Gasteiger partial charge on any atom is -0.479 e. The first-order valence-electron chi connectivity index (χ1n) is 9.22. The van der Waals surface area contributed by atoms with E-state index in [0.717, 1.165) is 0 Å². The van der Waals surface area contributed by atoms with Gasteiger partial charge in [-0.2, -0.15) is 4.31 Å². The summed E-state index contributed by atoms with van der Waals surface area (Å²) in [6.45, 7) is 4.17. The Hall–Kier alpha value is -2.85. The SMILES string of the molecule is Cc1cc2c(cc1S(=O)(=O)N1CCN(C(=O)c3ccco3)CC1)OC(C)C(=O)N2. The summed E-state index contributed by atoms with van der Waals surface area (Å²) in [7, 11) is -3.78. The zero-order valence-corrected chi connectivity index (χ0v) is 16.9. The van der Waals surface area contributed by atoms with Crippen LogP contribution in [0.25, 0.3) is 0 Å².